The lowest BCUT2D eigenvalue weighted by molar-refractivity contribution is -0.384. The van der Waals surface area contributed by atoms with Gasteiger partial charge in [-0.1, -0.05) is 29.3 Å². The van der Waals surface area contributed by atoms with Crippen LogP contribution in [0.15, 0.2) is 59.4 Å². The topological polar surface area (TPSA) is 78.0 Å². The molecule has 0 bridgehead atoms. The Bertz CT molecular complexity index is 1000. The number of nitro groups is 1. The average Bonchev–Trinajstić information content (AvgIpc) is 2.59. The highest BCUT2D eigenvalue weighted by atomic mass is 35.5. The first-order chi connectivity index (χ1) is 11.9. The van der Waals surface area contributed by atoms with Crippen LogP contribution >= 0.6 is 23.2 Å². The Labute approximate surface area is 152 Å². The van der Waals surface area contributed by atoms with E-state index in [1.165, 1.54) is 22.9 Å². The Morgan fingerprint density at radius 1 is 1.04 bits per heavy atom. The molecular weight excluding hydrogens is 365 g/mol. The van der Waals surface area contributed by atoms with Crippen molar-refractivity contribution in [3.63, 3.8) is 0 Å². The van der Waals surface area contributed by atoms with E-state index < -0.39 is 4.92 Å². The van der Waals surface area contributed by atoms with Gasteiger partial charge in [0.25, 0.3) is 11.2 Å². The smallest absolute Gasteiger partial charge is 0.268 e. The summed E-state index contributed by atoms with van der Waals surface area (Å²) in [6.07, 6.45) is 0. The summed E-state index contributed by atoms with van der Waals surface area (Å²) in [5, 5.41) is 16.0. The quantitative estimate of drug-likeness (QED) is 0.506. The van der Waals surface area contributed by atoms with Gasteiger partial charge in [-0.3, -0.25) is 14.9 Å². The van der Waals surface area contributed by atoms with E-state index >= 15 is 0 Å². The lowest BCUT2D eigenvalue weighted by atomic mass is 10.1. The van der Waals surface area contributed by atoms with Gasteiger partial charge in [-0.05, 0) is 35.9 Å². The van der Waals surface area contributed by atoms with E-state index in [4.69, 9.17) is 23.2 Å². The molecule has 0 saturated carbocycles. The van der Waals surface area contributed by atoms with Gasteiger partial charge in [0.05, 0.1) is 17.2 Å². The molecule has 0 radical (unpaired) electrons. The summed E-state index contributed by atoms with van der Waals surface area (Å²) in [5.74, 6) is 0. The molecule has 1 heterocycles. The number of halogens is 2. The molecule has 0 aliphatic rings. The molecule has 0 atom stereocenters. The Morgan fingerprint density at radius 3 is 2.40 bits per heavy atom. The van der Waals surface area contributed by atoms with Crippen molar-refractivity contribution < 1.29 is 4.92 Å². The van der Waals surface area contributed by atoms with Crippen LogP contribution in [0.1, 0.15) is 5.56 Å². The summed E-state index contributed by atoms with van der Waals surface area (Å²) in [7, 11) is 0. The van der Waals surface area contributed by atoms with Crippen LogP contribution in [0.4, 0.5) is 5.69 Å². The maximum Gasteiger partial charge on any atom is 0.269 e. The molecule has 0 unspecified atom stereocenters. The minimum atomic E-state index is -0.472. The van der Waals surface area contributed by atoms with Crippen LogP contribution in [0.3, 0.4) is 0 Å². The second-order valence-corrected chi connectivity index (χ2v) is 6.10. The third kappa shape index (κ3) is 3.87. The Balaban J connectivity index is 1.95. The lowest BCUT2D eigenvalue weighted by Gasteiger charge is -2.09. The van der Waals surface area contributed by atoms with Gasteiger partial charge in [-0.15, -0.1) is 0 Å². The first-order valence-electron chi connectivity index (χ1n) is 7.21. The molecule has 0 fully saturated rings. The van der Waals surface area contributed by atoms with Crippen LogP contribution in [0, 0.1) is 10.1 Å². The van der Waals surface area contributed by atoms with Crippen molar-refractivity contribution in [2.45, 2.75) is 6.54 Å². The third-order valence-electron chi connectivity index (χ3n) is 3.58. The van der Waals surface area contributed by atoms with E-state index in [1.807, 2.05) is 0 Å². The van der Waals surface area contributed by atoms with Gasteiger partial charge >= 0.3 is 0 Å². The van der Waals surface area contributed by atoms with E-state index in [1.54, 1.807) is 36.4 Å². The fourth-order valence-corrected chi connectivity index (χ4v) is 2.75. The predicted octanol–water partition coefficient (Wildman–Crippen LogP) is 4.17. The molecule has 0 saturated heterocycles. The van der Waals surface area contributed by atoms with Crippen LogP contribution in [0.2, 0.25) is 10.0 Å². The molecule has 126 valence electrons. The summed E-state index contributed by atoms with van der Waals surface area (Å²) in [5.41, 5.74) is 1.62. The molecule has 1 aromatic heterocycles. The van der Waals surface area contributed by atoms with Crippen molar-refractivity contribution in [1.82, 2.24) is 9.78 Å². The third-order valence-corrected chi connectivity index (χ3v) is 4.16. The monoisotopic (exact) mass is 375 g/mol. The van der Waals surface area contributed by atoms with Gasteiger partial charge in [-0.25, -0.2) is 4.68 Å². The minimum Gasteiger partial charge on any atom is -0.268 e. The van der Waals surface area contributed by atoms with E-state index in [-0.39, 0.29) is 17.8 Å². The summed E-state index contributed by atoms with van der Waals surface area (Å²) in [6, 6.07) is 14.0. The molecule has 0 spiro atoms. The number of nitro benzene ring substituents is 1. The number of benzene rings is 2. The van der Waals surface area contributed by atoms with E-state index in [0.717, 1.165) is 0 Å². The van der Waals surface area contributed by atoms with Crippen LogP contribution in [-0.4, -0.2) is 14.7 Å². The second-order valence-electron chi connectivity index (χ2n) is 5.25. The zero-order valence-electron chi connectivity index (χ0n) is 12.7. The highest BCUT2D eigenvalue weighted by Crippen LogP contribution is 2.22. The summed E-state index contributed by atoms with van der Waals surface area (Å²) >= 11 is 12.0. The zero-order chi connectivity index (χ0) is 18.0. The number of rotatable bonds is 4. The molecule has 0 aliphatic carbocycles. The molecule has 6 nitrogen and oxygen atoms in total. The van der Waals surface area contributed by atoms with E-state index in [0.29, 0.717) is 26.9 Å². The highest BCUT2D eigenvalue weighted by Gasteiger charge is 2.09. The molecular formula is C17H11Cl2N3O3. The first-order valence-corrected chi connectivity index (χ1v) is 7.96. The van der Waals surface area contributed by atoms with Crippen molar-refractivity contribution >= 4 is 28.9 Å². The predicted molar refractivity (Wildman–Crippen MR) is 96.2 cm³/mol. The normalized spacial score (nSPS) is 10.6. The maximum absolute atomic E-state index is 12.1. The van der Waals surface area contributed by atoms with Gasteiger partial charge in [0.2, 0.25) is 0 Å². The van der Waals surface area contributed by atoms with Crippen molar-refractivity contribution in [3.05, 3.63) is 90.7 Å². The van der Waals surface area contributed by atoms with Gasteiger partial charge in [0.1, 0.15) is 0 Å². The molecule has 3 aromatic rings. The molecule has 0 N–H and O–H groups in total. The van der Waals surface area contributed by atoms with Crippen LogP contribution in [0.5, 0.6) is 0 Å². The lowest BCUT2D eigenvalue weighted by Crippen LogP contribution is -2.23. The highest BCUT2D eigenvalue weighted by molar-refractivity contribution is 6.35. The summed E-state index contributed by atoms with van der Waals surface area (Å²) in [4.78, 5) is 22.3. The summed E-state index contributed by atoms with van der Waals surface area (Å²) in [6.45, 7) is 0.190. The van der Waals surface area contributed by atoms with Crippen molar-refractivity contribution in [2.24, 2.45) is 0 Å². The van der Waals surface area contributed by atoms with Crippen molar-refractivity contribution in [1.29, 1.82) is 0 Å². The van der Waals surface area contributed by atoms with Gasteiger partial charge in [0, 0.05) is 33.8 Å². The first kappa shape index (κ1) is 17.1. The largest absolute Gasteiger partial charge is 0.269 e. The molecule has 3 rings (SSSR count). The number of hydrogen-bond donors (Lipinski definition) is 0. The SMILES string of the molecule is O=c1ccc(-c2ccc([N+](=O)[O-])cc2)nn1Cc1ccc(Cl)cc1Cl. The number of non-ortho nitro benzene ring substituents is 1. The molecule has 2 aromatic carbocycles. The van der Waals surface area contributed by atoms with E-state index in [2.05, 4.69) is 5.10 Å². The van der Waals surface area contributed by atoms with Crippen LogP contribution < -0.4 is 5.56 Å². The fraction of sp³-hybridized carbons (Fsp3) is 0.0588. The maximum atomic E-state index is 12.1. The molecule has 8 heteroatoms. The zero-order valence-corrected chi connectivity index (χ0v) is 14.2. The number of hydrogen-bond acceptors (Lipinski definition) is 4. The van der Waals surface area contributed by atoms with Gasteiger partial charge in [0.15, 0.2) is 0 Å². The average molecular weight is 376 g/mol. The molecule has 0 amide bonds. The molecule has 25 heavy (non-hydrogen) atoms. The van der Waals surface area contributed by atoms with Crippen molar-refractivity contribution in [3.8, 4) is 11.3 Å². The Kier molecular flexibility index (Phi) is 4.83. The number of nitrogens with zero attached hydrogens (tertiary/aromatic N) is 3. The minimum absolute atomic E-state index is 0.00924. The number of aromatic nitrogens is 2. The van der Waals surface area contributed by atoms with Crippen LogP contribution in [-0.2, 0) is 6.54 Å². The standard InChI is InChI=1S/C17H11Cl2N3O3/c18-13-4-1-12(15(19)9-13)10-21-17(23)8-7-16(20-21)11-2-5-14(6-3-11)22(24)25/h1-9H,10H2. The molecule has 0 aliphatic heterocycles. The van der Waals surface area contributed by atoms with Crippen LogP contribution in [0.25, 0.3) is 11.3 Å². The van der Waals surface area contributed by atoms with Gasteiger partial charge in [-0.2, -0.15) is 5.10 Å². The fourth-order valence-electron chi connectivity index (χ4n) is 2.28. The van der Waals surface area contributed by atoms with Crippen molar-refractivity contribution in [2.75, 3.05) is 0 Å². The Morgan fingerprint density at radius 2 is 1.76 bits per heavy atom. The van der Waals surface area contributed by atoms with E-state index in [9.17, 15) is 14.9 Å². The second kappa shape index (κ2) is 7.04. The Hall–Kier alpha value is -2.70. The summed E-state index contributed by atoms with van der Waals surface area (Å²) < 4.78 is 1.28. The van der Waals surface area contributed by atoms with Gasteiger partial charge < -0.3 is 0 Å².